The molecule has 2 aromatic rings. The number of amides is 1. The number of aryl methyl sites for hydroxylation is 1. The quantitative estimate of drug-likeness (QED) is 0.570. The zero-order chi connectivity index (χ0) is 18.2. The van der Waals surface area contributed by atoms with Crippen LogP contribution in [-0.2, 0) is 11.3 Å². The Labute approximate surface area is 155 Å². The number of hydrogen-bond acceptors (Lipinski definition) is 4. The molecule has 0 radical (unpaired) electrons. The first kappa shape index (κ1) is 18.6. The normalized spacial score (nSPS) is 10.7. The van der Waals surface area contributed by atoms with Gasteiger partial charge in [0, 0.05) is 17.2 Å². The summed E-state index contributed by atoms with van der Waals surface area (Å²) < 4.78 is 6.20. The average molecular weight is 400 g/mol. The van der Waals surface area contributed by atoms with Crippen molar-refractivity contribution in [3.8, 4) is 11.8 Å². The molecule has 2 N–H and O–H groups in total. The molecule has 0 unspecified atom stereocenters. The summed E-state index contributed by atoms with van der Waals surface area (Å²) in [5.41, 5.74) is 2.52. The molecule has 0 aromatic heterocycles. The van der Waals surface area contributed by atoms with Gasteiger partial charge in [-0.25, -0.2) is 0 Å². The highest BCUT2D eigenvalue weighted by atomic mass is 79.9. The molecular weight excluding hydrogens is 382 g/mol. The Hall–Kier alpha value is -2.78. The van der Waals surface area contributed by atoms with Crippen LogP contribution in [0.5, 0.6) is 5.75 Å². The van der Waals surface area contributed by atoms with Crippen molar-refractivity contribution in [2.24, 2.45) is 0 Å². The Kier molecular flexibility index (Phi) is 6.61. The standard InChI is InChI=1S/C19H18BrN3O2/c1-13-6-7-18(25-2)17(8-13)23-19(24)15(10-21)12-22-11-14-4-3-5-16(20)9-14/h3-9,12,22H,11H2,1-2H3,(H,23,24)/b15-12-. The second kappa shape index (κ2) is 8.90. The topological polar surface area (TPSA) is 74.1 Å². The zero-order valence-corrected chi connectivity index (χ0v) is 15.6. The van der Waals surface area contributed by atoms with Gasteiger partial charge >= 0.3 is 0 Å². The van der Waals surface area contributed by atoms with Crippen molar-refractivity contribution in [1.29, 1.82) is 5.26 Å². The maximum Gasteiger partial charge on any atom is 0.267 e. The summed E-state index contributed by atoms with van der Waals surface area (Å²) >= 11 is 3.40. The second-order valence-corrected chi connectivity index (χ2v) is 6.25. The number of anilines is 1. The van der Waals surface area contributed by atoms with Crippen molar-refractivity contribution >= 4 is 27.5 Å². The molecule has 0 aliphatic rings. The van der Waals surface area contributed by atoms with E-state index in [9.17, 15) is 10.1 Å². The zero-order valence-electron chi connectivity index (χ0n) is 14.0. The molecule has 1 amide bonds. The maximum atomic E-state index is 12.3. The van der Waals surface area contributed by atoms with Gasteiger partial charge in [-0.1, -0.05) is 34.1 Å². The van der Waals surface area contributed by atoms with Gasteiger partial charge in [-0.15, -0.1) is 0 Å². The van der Waals surface area contributed by atoms with E-state index < -0.39 is 5.91 Å². The van der Waals surface area contributed by atoms with Crippen molar-refractivity contribution in [2.45, 2.75) is 13.5 Å². The Bertz CT molecular complexity index is 841. The van der Waals surface area contributed by atoms with Crippen LogP contribution in [0.4, 0.5) is 5.69 Å². The van der Waals surface area contributed by atoms with Gasteiger partial charge in [0.15, 0.2) is 0 Å². The predicted molar refractivity (Wildman–Crippen MR) is 101 cm³/mol. The number of nitriles is 1. The summed E-state index contributed by atoms with van der Waals surface area (Å²) in [5.74, 6) is 0.0477. The Morgan fingerprint density at radius 1 is 1.32 bits per heavy atom. The van der Waals surface area contributed by atoms with Gasteiger partial charge in [0.2, 0.25) is 0 Å². The van der Waals surface area contributed by atoms with Crippen LogP contribution in [0.15, 0.2) is 58.7 Å². The number of carbonyl (C=O) groups is 1. The lowest BCUT2D eigenvalue weighted by molar-refractivity contribution is -0.112. The summed E-state index contributed by atoms with van der Waals surface area (Å²) in [6, 6.07) is 15.1. The molecule has 0 bridgehead atoms. The smallest absolute Gasteiger partial charge is 0.267 e. The van der Waals surface area contributed by atoms with Crippen LogP contribution in [-0.4, -0.2) is 13.0 Å². The van der Waals surface area contributed by atoms with E-state index in [2.05, 4.69) is 26.6 Å². The lowest BCUT2D eigenvalue weighted by Crippen LogP contribution is -2.17. The first-order chi connectivity index (χ1) is 12.0. The number of benzene rings is 2. The molecule has 0 saturated heterocycles. The molecule has 0 fully saturated rings. The van der Waals surface area contributed by atoms with Crippen LogP contribution >= 0.6 is 15.9 Å². The van der Waals surface area contributed by atoms with Crippen LogP contribution in [0.2, 0.25) is 0 Å². The first-order valence-electron chi connectivity index (χ1n) is 7.57. The van der Waals surface area contributed by atoms with Crippen molar-refractivity contribution in [3.63, 3.8) is 0 Å². The summed E-state index contributed by atoms with van der Waals surface area (Å²) in [7, 11) is 1.53. The number of methoxy groups -OCH3 is 1. The molecule has 2 rings (SSSR count). The van der Waals surface area contributed by atoms with Gasteiger partial charge in [-0.2, -0.15) is 5.26 Å². The van der Waals surface area contributed by atoms with Gasteiger partial charge in [0.1, 0.15) is 17.4 Å². The fourth-order valence-corrected chi connectivity index (χ4v) is 2.62. The fourth-order valence-electron chi connectivity index (χ4n) is 2.18. The van der Waals surface area contributed by atoms with Crippen LogP contribution in [0, 0.1) is 18.3 Å². The summed E-state index contributed by atoms with van der Waals surface area (Å²) in [6.07, 6.45) is 1.42. The molecular formula is C19H18BrN3O2. The van der Waals surface area contributed by atoms with Crippen LogP contribution in [0.1, 0.15) is 11.1 Å². The SMILES string of the molecule is COc1ccc(C)cc1NC(=O)/C(C#N)=C\NCc1cccc(Br)c1. The second-order valence-electron chi connectivity index (χ2n) is 5.34. The van der Waals surface area contributed by atoms with E-state index in [1.807, 2.05) is 43.3 Å². The third-order valence-electron chi connectivity index (χ3n) is 3.41. The molecule has 25 heavy (non-hydrogen) atoms. The molecule has 0 spiro atoms. The minimum atomic E-state index is -0.492. The van der Waals surface area contributed by atoms with Crippen LogP contribution in [0.3, 0.4) is 0 Å². The van der Waals surface area contributed by atoms with Gasteiger partial charge in [0.05, 0.1) is 12.8 Å². The number of rotatable bonds is 6. The van der Waals surface area contributed by atoms with E-state index in [1.54, 1.807) is 12.1 Å². The van der Waals surface area contributed by atoms with Crippen molar-refractivity contribution in [1.82, 2.24) is 5.32 Å². The number of carbonyl (C=O) groups excluding carboxylic acids is 1. The predicted octanol–water partition coefficient (Wildman–Crippen LogP) is 3.90. The molecule has 0 aliphatic heterocycles. The van der Waals surface area contributed by atoms with Crippen molar-refractivity contribution in [3.05, 3.63) is 69.8 Å². The highest BCUT2D eigenvalue weighted by Gasteiger charge is 2.12. The third kappa shape index (κ3) is 5.37. The van der Waals surface area contributed by atoms with E-state index >= 15 is 0 Å². The minimum absolute atomic E-state index is 0.0152. The van der Waals surface area contributed by atoms with E-state index in [0.717, 1.165) is 15.6 Å². The van der Waals surface area contributed by atoms with E-state index in [-0.39, 0.29) is 5.57 Å². The fraction of sp³-hybridized carbons (Fsp3) is 0.158. The minimum Gasteiger partial charge on any atom is -0.495 e. The van der Waals surface area contributed by atoms with Gasteiger partial charge in [0.25, 0.3) is 5.91 Å². The number of nitrogens with one attached hydrogen (secondary N) is 2. The van der Waals surface area contributed by atoms with Gasteiger partial charge < -0.3 is 15.4 Å². The Morgan fingerprint density at radius 2 is 2.12 bits per heavy atom. The van der Waals surface area contributed by atoms with Crippen molar-refractivity contribution in [2.75, 3.05) is 12.4 Å². The molecule has 0 atom stereocenters. The first-order valence-corrected chi connectivity index (χ1v) is 8.37. The summed E-state index contributed by atoms with van der Waals surface area (Å²) in [4.78, 5) is 12.3. The van der Waals surface area contributed by atoms with Gasteiger partial charge in [-0.05, 0) is 42.3 Å². The average Bonchev–Trinajstić information content (AvgIpc) is 2.59. The highest BCUT2D eigenvalue weighted by Crippen LogP contribution is 2.25. The molecule has 0 saturated carbocycles. The Balaban J connectivity index is 2.06. The van der Waals surface area contributed by atoms with E-state index in [4.69, 9.17) is 4.74 Å². The molecule has 5 nitrogen and oxygen atoms in total. The van der Waals surface area contributed by atoms with E-state index in [1.165, 1.54) is 13.3 Å². The largest absolute Gasteiger partial charge is 0.495 e. The molecule has 2 aromatic carbocycles. The summed E-state index contributed by atoms with van der Waals surface area (Å²) in [6.45, 7) is 2.42. The van der Waals surface area contributed by atoms with Crippen LogP contribution < -0.4 is 15.4 Å². The summed E-state index contributed by atoms with van der Waals surface area (Å²) in [5, 5.41) is 14.9. The number of halogens is 1. The third-order valence-corrected chi connectivity index (χ3v) is 3.90. The highest BCUT2D eigenvalue weighted by molar-refractivity contribution is 9.10. The van der Waals surface area contributed by atoms with Gasteiger partial charge in [-0.3, -0.25) is 4.79 Å². The molecule has 0 heterocycles. The van der Waals surface area contributed by atoms with Crippen LogP contribution in [0.25, 0.3) is 0 Å². The number of ether oxygens (including phenoxy) is 1. The molecule has 0 aliphatic carbocycles. The number of nitrogens with zero attached hydrogens (tertiary/aromatic N) is 1. The monoisotopic (exact) mass is 399 g/mol. The molecule has 128 valence electrons. The molecule has 6 heteroatoms. The lowest BCUT2D eigenvalue weighted by atomic mass is 10.2. The van der Waals surface area contributed by atoms with Crippen molar-refractivity contribution < 1.29 is 9.53 Å². The Morgan fingerprint density at radius 3 is 2.80 bits per heavy atom. The number of hydrogen-bond donors (Lipinski definition) is 2. The maximum absolute atomic E-state index is 12.3. The lowest BCUT2D eigenvalue weighted by Gasteiger charge is -2.10. The van der Waals surface area contributed by atoms with E-state index in [0.29, 0.717) is 18.0 Å².